The first kappa shape index (κ1) is 18.0. The Balaban J connectivity index is 1.88. The van der Waals surface area contributed by atoms with Gasteiger partial charge in [0.1, 0.15) is 0 Å². The molecule has 2 aromatic heterocycles. The van der Waals surface area contributed by atoms with Gasteiger partial charge < -0.3 is 10.6 Å². The van der Waals surface area contributed by atoms with Crippen LogP contribution in [0, 0.1) is 13.8 Å². The summed E-state index contributed by atoms with van der Waals surface area (Å²) >= 11 is 0. The first-order valence-electron chi connectivity index (χ1n) is 8.57. The lowest BCUT2D eigenvalue weighted by Crippen LogP contribution is -2.37. The molecule has 2 aromatic rings. The number of nitrogens with zero attached hydrogens (tertiary/aromatic N) is 4. The minimum atomic E-state index is 0.692. The molecule has 0 amide bonds. The molecule has 0 aliphatic rings. The molecule has 0 aromatic carbocycles. The Labute approximate surface area is 144 Å². The Bertz CT molecular complexity index is 657. The summed E-state index contributed by atoms with van der Waals surface area (Å²) in [5.41, 5.74) is 3.19. The van der Waals surface area contributed by atoms with Crippen LogP contribution in [0.1, 0.15) is 43.1 Å². The minimum Gasteiger partial charge on any atom is -0.356 e. The Morgan fingerprint density at radius 3 is 2.62 bits per heavy atom. The van der Waals surface area contributed by atoms with E-state index in [1.807, 2.05) is 36.9 Å². The average Bonchev–Trinajstić information content (AvgIpc) is 2.93. The van der Waals surface area contributed by atoms with Crippen LogP contribution in [0.25, 0.3) is 5.82 Å². The maximum Gasteiger partial charge on any atom is 0.191 e. The van der Waals surface area contributed by atoms with Crippen molar-refractivity contribution in [3.8, 4) is 5.82 Å². The van der Waals surface area contributed by atoms with Gasteiger partial charge in [0.15, 0.2) is 11.8 Å². The van der Waals surface area contributed by atoms with E-state index in [1.54, 1.807) is 7.05 Å². The summed E-state index contributed by atoms with van der Waals surface area (Å²) in [6, 6.07) is 6.11. The van der Waals surface area contributed by atoms with Gasteiger partial charge in [0, 0.05) is 32.0 Å². The van der Waals surface area contributed by atoms with Crippen molar-refractivity contribution in [3.63, 3.8) is 0 Å². The average molecular weight is 328 g/mol. The van der Waals surface area contributed by atoms with Crippen molar-refractivity contribution in [2.75, 3.05) is 13.6 Å². The van der Waals surface area contributed by atoms with Crippen LogP contribution in [0.15, 0.2) is 29.4 Å². The number of aliphatic imine (C=N–C) groups is 1. The zero-order valence-electron chi connectivity index (χ0n) is 15.1. The Hall–Kier alpha value is -2.37. The lowest BCUT2D eigenvalue weighted by Gasteiger charge is -2.12. The lowest BCUT2D eigenvalue weighted by molar-refractivity contribution is 0.682. The third kappa shape index (κ3) is 5.08. The zero-order chi connectivity index (χ0) is 17.4. The number of hydrogen-bond acceptors (Lipinski definition) is 3. The van der Waals surface area contributed by atoms with E-state index in [9.17, 15) is 0 Å². The lowest BCUT2D eigenvalue weighted by atomic mass is 10.2. The third-order valence-corrected chi connectivity index (χ3v) is 3.79. The molecular weight excluding hydrogens is 300 g/mol. The highest BCUT2D eigenvalue weighted by Gasteiger charge is 2.05. The zero-order valence-corrected chi connectivity index (χ0v) is 15.1. The number of unbranched alkanes of at least 4 members (excludes halogenated alkanes) is 2. The fourth-order valence-electron chi connectivity index (χ4n) is 2.50. The van der Waals surface area contributed by atoms with Crippen molar-refractivity contribution in [1.29, 1.82) is 0 Å². The molecule has 24 heavy (non-hydrogen) atoms. The topological polar surface area (TPSA) is 67.1 Å². The van der Waals surface area contributed by atoms with Crippen molar-refractivity contribution in [2.45, 2.75) is 46.6 Å². The van der Waals surface area contributed by atoms with Crippen LogP contribution in [-0.4, -0.2) is 34.3 Å². The smallest absolute Gasteiger partial charge is 0.191 e. The van der Waals surface area contributed by atoms with Crippen molar-refractivity contribution >= 4 is 5.96 Å². The van der Waals surface area contributed by atoms with Crippen molar-refractivity contribution in [1.82, 2.24) is 25.4 Å². The Kier molecular flexibility index (Phi) is 6.78. The molecule has 0 atom stereocenters. The SMILES string of the molecule is CCCCCNC(=NC)NCc1ccc(-n2nc(C)cc2C)nc1. The van der Waals surface area contributed by atoms with Crippen LogP contribution in [0.4, 0.5) is 0 Å². The van der Waals surface area contributed by atoms with E-state index in [-0.39, 0.29) is 0 Å². The maximum atomic E-state index is 4.51. The van der Waals surface area contributed by atoms with E-state index in [2.05, 4.69) is 38.7 Å². The molecule has 0 aliphatic carbocycles. The maximum absolute atomic E-state index is 4.51. The van der Waals surface area contributed by atoms with Gasteiger partial charge in [0.2, 0.25) is 0 Å². The standard InChI is InChI=1S/C18H28N6/c1-5-6-7-10-20-18(19-4)22-13-16-8-9-17(21-12-16)24-15(3)11-14(2)23-24/h8-9,11-12H,5-7,10,13H2,1-4H3,(H2,19,20,22). The van der Waals surface area contributed by atoms with Gasteiger partial charge in [-0.25, -0.2) is 9.67 Å². The molecule has 0 fully saturated rings. The van der Waals surface area contributed by atoms with Crippen LogP contribution < -0.4 is 10.6 Å². The highest BCUT2D eigenvalue weighted by Crippen LogP contribution is 2.10. The molecule has 0 aliphatic heterocycles. The Morgan fingerprint density at radius 1 is 1.21 bits per heavy atom. The van der Waals surface area contributed by atoms with Gasteiger partial charge in [0.05, 0.1) is 5.69 Å². The van der Waals surface area contributed by atoms with E-state index in [4.69, 9.17) is 0 Å². The summed E-state index contributed by atoms with van der Waals surface area (Å²) in [4.78, 5) is 8.75. The van der Waals surface area contributed by atoms with Crippen LogP contribution in [0.3, 0.4) is 0 Å². The molecule has 0 unspecified atom stereocenters. The molecule has 6 heteroatoms. The monoisotopic (exact) mass is 328 g/mol. The second kappa shape index (κ2) is 9.05. The largest absolute Gasteiger partial charge is 0.356 e. The van der Waals surface area contributed by atoms with Crippen molar-refractivity contribution in [3.05, 3.63) is 41.3 Å². The van der Waals surface area contributed by atoms with E-state index >= 15 is 0 Å². The minimum absolute atomic E-state index is 0.692. The van der Waals surface area contributed by atoms with Crippen LogP contribution in [0.2, 0.25) is 0 Å². The van der Waals surface area contributed by atoms with Gasteiger partial charge >= 0.3 is 0 Å². The summed E-state index contributed by atoms with van der Waals surface area (Å²) in [7, 11) is 1.79. The molecule has 2 heterocycles. The Morgan fingerprint density at radius 2 is 2.04 bits per heavy atom. The summed E-state index contributed by atoms with van der Waals surface area (Å²) < 4.78 is 1.86. The van der Waals surface area contributed by atoms with Crippen LogP contribution in [-0.2, 0) is 6.54 Å². The van der Waals surface area contributed by atoms with Gasteiger partial charge in [-0.3, -0.25) is 4.99 Å². The summed E-state index contributed by atoms with van der Waals surface area (Å²) in [6.45, 7) is 7.86. The molecule has 130 valence electrons. The molecule has 0 radical (unpaired) electrons. The van der Waals surface area contributed by atoms with E-state index in [0.717, 1.165) is 41.7 Å². The number of guanidine groups is 1. The van der Waals surface area contributed by atoms with Gasteiger partial charge in [-0.15, -0.1) is 0 Å². The molecule has 0 bridgehead atoms. The quantitative estimate of drug-likeness (QED) is 0.466. The molecule has 0 saturated carbocycles. The normalized spacial score (nSPS) is 11.6. The van der Waals surface area contributed by atoms with Gasteiger partial charge in [-0.05, 0) is 38.0 Å². The van der Waals surface area contributed by atoms with Gasteiger partial charge in [-0.1, -0.05) is 25.8 Å². The molecule has 0 saturated heterocycles. The number of hydrogen-bond donors (Lipinski definition) is 2. The second-order valence-corrected chi connectivity index (χ2v) is 5.92. The first-order chi connectivity index (χ1) is 11.6. The molecular formula is C18H28N6. The van der Waals surface area contributed by atoms with Gasteiger partial charge in [0.25, 0.3) is 0 Å². The highest BCUT2D eigenvalue weighted by atomic mass is 15.3. The molecule has 2 rings (SSSR count). The fourth-order valence-corrected chi connectivity index (χ4v) is 2.50. The van der Waals surface area contributed by atoms with E-state index in [1.165, 1.54) is 12.8 Å². The number of nitrogens with one attached hydrogen (secondary N) is 2. The number of aromatic nitrogens is 3. The summed E-state index contributed by atoms with van der Waals surface area (Å²) in [5, 5.41) is 11.1. The van der Waals surface area contributed by atoms with E-state index < -0.39 is 0 Å². The number of rotatable bonds is 7. The van der Waals surface area contributed by atoms with Gasteiger partial charge in [-0.2, -0.15) is 5.10 Å². The molecule has 6 nitrogen and oxygen atoms in total. The van der Waals surface area contributed by atoms with Crippen molar-refractivity contribution < 1.29 is 0 Å². The third-order valence-electron chi connectivity index (χ3n) is 3.79. The van der Waals surface area contributed by atoms with Crippen molar-refractivity contribution in [2.24, 2.45) is 4.99 Å². The predicted molar refractivity (Wildman–Crippen MR) is 98.6 cm³/mol. The second-order valence-electron chi connectivity index (χ2n) is 5.92. The number of pyridine rings is 1. The molecule has 0 spiro atoms. The highest BCUT2D eigenvalue weighted by molar-refractivity contribution is 5.79. The summed E-state index contributed by atoms with van der Waals surface area (Å²) in [6.07, 6.45) is 5.50. The summed E-state index contributed by atoms with van der Waals surface area (Å²) in [5.74, 6) is 1.67. The molecule has 2 N–H and O–H groups in total. The predicted octanol–water partition coefficient (Wildman–Crippen LogP) is 2.74. The number of aryl methyl sites for hydroxylation is 2. The van der Waals surface area contributed by atoms with Crippen LogP contribution >= 0.6 is 0 Å². The van der Waals surface area contributed by atoms with E-state index in [0.29, 0.717) is 6.54 Å². The fraction of sp³-hybridized carbons (Fsp3) is 0.500. The first-order valence-corrected chi connectivity index (χ1v) is 8.57. The van der Waals surface area contributed by atoms with Crippen LogP contribution in [0.5, 0.6) is 0 Å².